The first-order valence-corrected chi connectivity index (χ1v) is 5.42. The summed E-state index contributed by atoms with van der Waals surface area (Å²) >= 11 is 0. The van der Waals surface area contributed by atoms with E-state index in [-0.39, 0.29) is 17.5 Å². The molecule has 1 atom stereocenters. The maximum atomic E-state index is 12.7. The average Bonchev–Trinajstić information content (AvgIpc) is 2.49. The van der Waals surface area contributed by atoms with Crippen LogP contribution < -0.4 is 0 Å². The van der Waals surface area contributed by atoms with Crippen LogP contribution in [0.25, 0.3) is 0 Å². The van der Waals surface area contributed by atoms with Gasteiger partial charge in [-0.1, -0.05) is 12.1 Å². The molecule has 0 bridgehead atoms. The van der Waals surface area contributed by atoms with Crippen LogP contribution in [0, 0.1) is 11.7 Å². The van der Waals surface area contributed by atoms with Crippen molar-refractivity contribution in [3.63, 3.8) is 0 Å². The van der Waals surface area contributed by atoms with E-state index in [1.54, 1.807) is 26.0 Å². The van der Waals surface area contributed by atoms with Gasteiger partial charge in [0.2, 0.25) is 0 Å². The van der Waals surface area contributed by atoms with Gasteiger partial charge >= 0.3 is 0 Å². The SMILES string of the molecule is CC1(C)OCC(Cc2ccc(F)cc2)C1=O. The zero-order valence-electron chi connectivity index (χ0n) is 9.50. The molecular formula is C13H15FO2. The number of ether oxygens (including phenoxy) is 1. The lowest BCUT2D eigenvalue weighted by atomic mass is 9.91. The van der Waals surface area contributed by atoms with Crippen molar-refractivity contribution >= 4 is 5.78 Å². The fourth-order valence-electron chi connectivity index (χ4n) is 2.00. The number of Topliss-reactive ketones (excluding diaryl/α,β-unsaturated/α-hetero) is 1. The van der Waals surface area contributed by atoms with E-state index >= 15 is 0 Å². The lowest BCUT2D eigenvalue weighted by Crippen LogP contribution is -2.30. The van der Waals surface area contributed by atoms with E-state index in [4.69, 9.17) is 4.74 Å². The summed E-state index contributed by atoms with van der Waals surface area (Å²) in [5, 5.41) is 0. The van der Waals surface area contributed by atoms with Crippen LogP contribution in [-0.4, -0.2) is 18.0 Å². The predicted octanol–water partition coefficient (Wildman–Crippen LogP) is 2.36. The van der Waals surface area contributed by atoms with Gasteiger partial charge in [-0.3, -0.25) is 4.79 Å². The Hall–Kier alpha value is -1.22. The minimum absolute atomic E-state index is 0.0968. The molecule has 1 aromatic carbocycles. The second kappa shape index (κ2) is 3.98. The monoisotopic (exact) mass is 222 g/mol. The molecular weight excluding hydrogens is 207 g/mol. The number of hydrogen-bond donors (Lipinski definition) is 0. The highest BCUT2D eigenvalue weighted by Crippen LogP contribution is 2.27. The van der Waals surface area contributed by atoms with Crippen molar-refractivity contribution in [2.24, 2.45) is 5.92 Å². The number of halogens is 1. The predicted molar refractivity (Wildman–Crippen MR) is 58.6 cm³/mol. The van der Waals surface area contributed by atoms with Crippen molar-refractivity contribution < 1.29 is 13.9 Å². The van der Waals surface area contributed by atoms with Crippen molar-refractivity contribution in [1.82, 2.24) is 0 Å². The van der Waals surface area contributed by atoms with Crippen molar-refractivity contribution in [2.75, 3.05) is 6.61 Å². The molecule has 3 heteroatoms. The minimum Gasteiger partial charge on any atom is -0.367 e. The average molecular weight is 222 g/mol. The Balaban J connectivity index is 2.07. The van der Waals surface area contributed by atoms with E-state index in [0.717, 1.165) is 5.56 Å². The molecule has 2 rings (SSSR count). The Kier molecular flexibility index (Phi) is 2.80. The normalized spacial score (nSPS) is 23.7. The van der Waals surface area contributed by atoms with Gasteiger partial charge in [0, 0.05) is 5.92 Å². The molecule has 1 saturated heterocycles. The molecule has 16 heavy (non-hydrogen) atoms. The molecule has 1 fully saturated rings. The molecule has 1 aliphatic rings. The summed E-state index contributed by atoms with van der Waals surface area (Å²) in [5.41, 5.74) is 0.311. The summed E-state index contributed by atoms with van der Waals surface area (Å²) in [6, 6.07) is 6.27. The van der Waals surface area contributed by atoms with Crippen LogP contribution in [0.2, 0.25) is 0 Å². The second-order valence-corrected chi connectivity index (χ2v) is 4.71. The number of hydrogen-bond acceptors (Lipinski definition) is 2. The van der Waals surface area contributed by atoms with Gasteiger partial charge in [0.1, 0.15) is 11.4 Å². The third kappa shape index (κ3) is 2.14. The van der Waals surface area contributed by atoms with Gasteiger partial charge in [0.15, 0.2) is 5.78 Å². The third-order valence-electron chi connectivity index (χ3n) is 3.00. The van der Waals surface area contributed by atoms with E-state index < -0.39 is 5.60 Å². The molecule has 0 radical (unpaired) electrons. The maximum absolute atomic E-state index is 12.7. The van der Waals surface area contributed by atoms with Crippen LogP contribution in [0.1, 0.15) is 19.4 Å². The topological polar surface area (TPSA) is 26.3 Å². The minimum atomic E-state index is -0.662. The van der Waals surface area contributed by atoms with Gasteiger partial charge < -0.3 is 4.74 Å². The molecule has 1 aromatic rings. The highest BCUT2D eigenvalue weighted by molar-refractivity contribution is 5.90. The molecule has 0 saturated carbocycles. The Labute approximate surface area is 94.4 Å². The Bertz CT molecular complexity index is 395. The molecule has 0 aromatic heterocycles. The van der Waals surface area contributed by atoms with Crippen LogP contribution in [0.3, 0.4) is 0 Å². The highest BCUT2D eigenvalue weighted by Gasteiger charge is 2.41. The molecule has 0 amide bonds. The largest absolute Gasteiger partial charge is 0.367 e. The standard InChI is InChI=1S/C13H15FO2/c1-13(2)12(15)10(8-16-13)7-9-3-5-11(14)6-4-9/h3-6,10H,7-8H2,1-2H3. The second-order valence-electron chi connectivity index (χ2n) is 4.71. The molecule has 2 nitrogen and oxygen atoms in total. The Morgan fingerprint density at radius 2 is 2.00 bits per heavy atom. The zero-order valence-corrected chi connectivity index (χ0v) is 9.50. The summed E-state index contributed by atoms with van der Waals surface area (Å²) in [7, 11) is 0. The molecule has 0 spiro atoms. The van der Waals surface area contributed by atoms with E-state index in [2.05, 4.69) is 0 Å². The Morgan fingerprint density at radius 3 is 2.50 bits per heavy atom. The number of carbonyl (C=O) groups is 1. The summed E-state index contributed by atoms with van der Waals surface area (Å²) in [5.74, 6) is -0.213. The fraction of sp³-hybridized carbons (Fsp3) is 0.462. The van der Waals surface area contributed by atoms with E-state index in [1.165, 1.54) is 12.1 Å². The van der Waals surface area contributed by atoms with E-state index in [1.807, 2.05) is 0 Å². The molecule has 1 heterocycles. The first-order valence-electron chi connectivity index (χ1n) is 5.42. The molecule has 0 aliphatic carbocycles. The smallest absolute Gasteiger partial charge is 0.169 e. The van der Waals surface area contributed by atoms with Gasteiger partial charge in [-0.25, -0.2) is 4.39 Å². The number of carbonyl (C=O) groups excluding carboxylic acids is 1. The van der Waals surface area contributed by atoms with Gasteiger partial charge in [0.05, 0.1) is 6.61 Å². The van der Waals surface area contributed by atoms with E-state index in [0.29, 0.717) is 13.0 Å². The molecule has 0 N–H and O–H groups in total. The van der Waals surface area contributed by atoms with Crippen molar-refractivity contribution in [2.45, 2.75) is 25.9 Å². The first kappa shape index (κ1) is 11.3. The van der Waals surface area contributed by atoms with Crippen LogP contribution in [0.4, 0.5) is 4.39 Å². The van der Waals surface area contributed by atoms with Crippen molar-refractivity contribution in [1.29, 1.82) is 0 Å². The summed E-state index contributed by atoms with van der Waals surface area (Å²) in [6.07, 6.45) is 0.628. The van der Waals surface area contributed by atoms with E-state index in [9.17, 15) is 9.18 Å². The third-order valence-corrected chi connectivity index (χ3v) is 3.00. The summed E-state index contributed by atoms with van der Waals surface area (Å²) in [4.78, 5) is 11.9. The van der Waals surface area contributed by atoms with Crippen LogP contribution in [0.15, 0.2) is 24.3 Å². The van der Waals surface area contributed by atoms with Gasteiger partial charge in [-0.15, -0.1) is 0 Å². The lowest BCUT2D eigenvalue weighted by Gasteiger charge is -2.14. The van der Waals surface area contributed by atoms with Crippen LogP contribution in [0.5, 0.6) is 0 Å². The van der Waals surface area contributed by atoms with Crippen LogP contribution >= 0.6 is 0 Å². The maximum Gasteiger partial charge on any atom is 0.169 e. The molecule has 1 aliphatic heterocycles. The van der Waals surface area contributed by atoms with Crippen molar-refractivity contribution in [3.8, 4) is 0 Å². The van der Waals surface area contributed by atoms with Crippen LogP contribution in [-0.2, 0) is 16.0 Å². The number of benzene rings is 1. The van der Waals surface area contributed by atoms with Crippen molar-refractivity contribution in [3.05, 3.63) is 35.6 Å². The van der Waals surface area contributed by atoms with Gasteiger partial charge in [-0.05, 0) is 38.0 Å². The van der Waals surface area contributed by atoms with Gasteiger partial charge in [0.25, 0.3) is 0 Å². The number of rotatable bonds is 2. The quantitative estimate of drug-likeness (QED) is 0.767. The highest BCUT2D eigenvalue weighted by atomic mass is 19.1. The number of ketones is 1. The summed E-state index contributed by atoms with van der Waals surface area (Å²) < 4.78 is 18.1. The first-order chi connectivity index (χ1) is 7.49. The molecule has 86 valence electrons. The summed E-state index contributed by atoms with van der Waals surface area (Å²) in [6.45, 7) is 4.04. The van der Waals surface area contributed by atoms with Gasteiger partial charge in [-0.2, -0.15) is 0 Å². The Morgan fingerprint density at radius 1 is 1.38 bits per heavy atom. The lowest BCUT2D eigenvalue weighted by molar-refractivity contribution is -0.130. The fourth-order valence-corrected chi connectivity index (χ4v) is 2.00. The molecule has 1 unspecified atom stereocenters. The zero-order chi connectivity index (χ0) is 11.8.